The minimum atomic E-state index is -0.204. The number of nitrogens with two attached hydrogens (primary N) is 1. The van der Waals surface area contributed by atoms with E-state index < -0.39 is 0 Å². The van der Waals surface area contributed by atoms with E-state index in [2.05, 4.69) is 21.2 Å². The fourth-order valence-corrected chi connectivity index (χ4v) is 1.87. The van der Waals surface area contributed by atoms with Crippen molar-refractivity contribution in [3.8, 4) is 6.07 Å². The highest BCUT2D eigenvalue weighted by Crippen LogP contribution is 2.25. The minimum Gasteiger partial charge on any atom is -0.327 e. The van der Waals surface area contributed by atoms with Gasteiger partial charge in [0.1, 0.15) is 0 Å². The van der Waals surface area contributed by atoms with Crippen LogP contribution in [0.25, 0.3) is 0 Å². The van der Waals surface area contributed by atoms with E-state index in [1.807, 2.05) is 26.8 Å². The second kappa shape index (κ2) is 6.18. The molecule has 1 amide bonds. The number of carbonyl (C=O) groups excluding carboxylic acids is 1. The van der Waals surface area contributed by atoms with Gasteiger partial charge in [0, 0.05) is 16.9 Å². The standard InChI is InChI=1S/C14H18BrN3O/c1-14(2,3)12(17)7-13(19)18-11-5-4-9(8-16)6-10(11)15/h4-6,12H,7,17H2,1-3H3,(H,18,19). The third kappa shape index (κ3) is 4.66. The van der Waals surface area contributed by atoms with Crippen LogP contribution in [0.3, 0.4) is 0 Å². The molecule has 0 saturated carbocycles. The molecular formula is C14H18BrN3O. The molecule has 4 nitrogen and oxygen atoms in total. The Hall–Kier alpha value is -1.38. The third-order valence-electron chi connectivity index (χ3n) is 2.89. The van der Waals surface area contributed by atoms with Gasteiger partial charge in [0.2, 0.25) is 5.91 Å². The summed E-state index contributed by atoms with van der Waals surface area (Å²) in [5.41, 5.74) is 7.04. The van der Waals surface area contributed by atoms with Crippen molar-refractivity contribution in [2.45, 2.75) is 33.2 Å². The summed E-state index contributed by atoms with van der Waals surface area (Å²) in [7, 11) is 0. The van der Waals surface area contributed by atoms with Crippen LogP contribution >= 0.6 is 15.9 Å². The van der Waals surface area contributed by atoms with Crippen LogP contribution in [0.15, 0.2) is 22.7 Å². The van der Waals surface area contributed by atoms with Crippen LogP contribution < -0.4 is 11.1 Å². The second-order valence-corrected chi connectivity index (χ2v) is 6.39. The number of benzene rings is 1. The highest BCUT2D eigenvalue weighted by atomic mass is 79.9. The van der Waals surface area contributed by atoms with Crippen LogP contribution in [-0.2, 0) is 4.79 Å². The Morgan fingerprint density at radius 3 is 2.63 bits per heavy atom. The molecular weight excluding hydrogens is 306 g/mol. The minimum absolute atomic E-state index is 0.112. The molecule has 0 fully saturated rings. The lowest BCUT2D eigenvalue weighted by molar-refractivity contribution is -0.117. The molecule has 19 heavy (non-hydrogen) atoms. The van der Waals surface area contributed by atoms with Crippen molar-refractivity contribution in [3.05, 3.63) is 28.2 Å². The fraction of sp³-hybridized carbons (Fsp3) is 0.429. The number of nitrogens with zero attached hydrogens (tertiary/aromatic N) is 1. The molecule has 5 heteroatoms. The van der Waals surface area contributed by atoms with Gasteiger partial charge in [-0.2, -0.15) is 5.26 Å². The molecule has 102 valence electrons. The lowest BCUT2D eigenvalue weighted by Crippen LogP contribution is -2.38. The Morgan fingerprint density at radius 1 is 1.53 bits per heavy atom. The zero-order chi connectivity index (χ0) is 14.6. The molecule has 0 aliphatic rings. The molecule has 0 heterocycles. The molecule has 1 unspecified atom stereocenters. The Kier molecular flexibility index (Phi) is 5.10. The van der Waals surface area contributed by atoms with E-state index in [1.165, 1.54) is 0 Å². The summed E-state index contributed by atoms with van der Waals surface area (Å²) >= 11 is 3.33. The second-order valence-electron chi connectivity index (χ2n) is 5.53. The highest BCUT2D eigenvalue weighted by molar-refractivity contribution is 9.10. The smallest absolute Gasteiger partial charge is 0.225 e. The first-order valence-corrected chi connectivity index (χ1v) is 6.78. The van der Waals surface area contributed by atoms with Crippen LogP contribution in [0.1, 0.15) is 32.8 Å². The van der Waals surface area contributed by atoms with Gasteiger partial charge in [-0.25, -0.2) is 0 Å². The van der Waals surface area contributed by atoms with Gasteiger partial charge < -0.3 is 11.1 Å². The van der Waals surface area contributed by atoms with E-state index in [4.69, 9.17) is 11.0 Å². The van der Waals surface area contributed by atoms with Crippen molar-refractivity contribution < 1.29 is 4.79 Å². The zero-order valence-electron chi connectivity index (χ0n) is 11.3. The topological polar surface area (TPSA) is 78.9 Å². The molecule has 0 aliphatic heterocycles. The fourth-order valence-electron chi connectivity index (χ4n) is 1.39. The third-order valence-corrected chi connectivity index (χ3v) is 3.55. The molecule has 0 radical (unpaired) electrons. The summed E-state index contributed by atoms with van der Waals surface area (Å²) in [6.07, 6.45) is 0.260. The number of halogens is 1. The average Bonchev–Trinajstić information content (AvgIpc) is 2.30. The van der Waals surface area contributed by atoms with Gasteiger partial charge in [-0.15, -0.1) is 0 Å². The summed E-state index contributed by atoms with van der Waals surface area (Å²) in [6, 6.07) is 6.85. The monoisotopic (exact) mass is 323 g/mol. The van der Waals surface area contributed by atoms with Crippen LogP contribution in [0.4, 0.5) is 5.69 Å². The summed E-state index contributed by atoms with van der Waals surface area (Å²) in [5, 5.41) is 11.6. The predicted molar refractivity (Wildman–Crippen MR) is 79.5 cm³/mol. The van der Waals surface area contributed by atoms with Crippen molar-refractivity contribution in [2.24, 2.45) is 11.1 Å². The maximum Gasteiger partial charge on any atom is 0.225 e. The molecule has 0 bridgehead atoms. The molecule has 0 spiro atoms. The molecule has 1 aromatic rings. The summed E-state index contributed by atoms with van der Waals surface area (Å²) in [5.74, 6) is -0.132. The van der Waals surface area contributed by atoms with Gasteiger partial charge in [-0.05, 0) is 39.5 Å². The highest BCUT2D eigenvalue weighted by Gasteiger charge is 2.23. The average molecular weight is 324 g/mol. The van der Waals surface area contributed by atoms with Crippen LogP contribution in [-0.4, -0.2) is 11.9 Å². The molecule has 3 N–H and O–H groups in total. The maximum absolute atomic E-state index is 11.9. The molecule has 1 rings (SSSR count). The van der Waals surface area contributed by atoms with Crippen molar-refractivity contribution in [3.63, 3.8) is 0 Å². The molecule has 0 aromatic heterocycles. The van der Waals surface area contributed by atoms with Crippen LogP contribution in [0, 0.1) is 16.7 Å². The Bertz CT molecular complexity index is 514. The normalized spacial score (nSPS) is 12.6. The van der Waals surface area contributed by atoms with Gasteiger partial charge >= 0.3 is 0 Å². The molecule has 1 aromatic carbocycles. The summed E-state index contributed by atoms with van der Waals surface area (Å²) in [6.45, 7) is 6.01. The first kappa shape index (κ1) is 15.7. The first-order valence-electron chi connectivity index (χ1n) is 5.99. The van der Waals surface area contributed by atoms with Crippen LogP contribution in [0.5, 0.6) is 0 Å². The number of anilines is 1. The van der Waals surface area contributed by atoms with Crippen molar-refractivity contribution in [2.75, 3.05) is 5.32 Å². The van der Waals surface area contributed by atoms with Crippen molar-refractivity contribution in [1.29, 1.82) is 5.26 Å². The first-order chi connectivity index (χ1) is 8.74. The van der Waals surface area contributed by atoms with E-state index in [0.29, 0.717) is 15.7 Å². The van der Waals surface area contributed by atoms with Gasteiger partial charge in [-0.1, -0.05) is 20.8 Å². The predicted octanol–water partition coefficient (Wildman–Crippen LogP) is 3.02. The Labute approximate surface area is 122 Å². The van der Waals surface area contributed by atoms with Gasteiger partial charge in [-0.3, -0.25) is 4.79 Å². The number of hydrogen-bond donors (Lipinski definition) is 2. The number of amides is 1. The Morgan fingerprint density at radius 2 is 2.16 bits per heavy atom. The van der Waals surface area contributed by atoms with E-state index in [9.17, 15) is 4.79 Å². The number of rotatable bonds is 3. The van der Waals surface area contributed by atoms with Crippen molar-refractivity contribution in [1.82, 2.24) is 0 Å². The van der Waals surface area contributed by atoms with E-state index >= 15 is 0 Å². The van der Waals surface area contributed by atoms with E-state index in [1.54, 1.807) is 18.2 Å². The number of carbonyl (C=O) groups is 1. The van der Waals surface area contributed by atoms with Gasteiger partial charge in [0.05, 0.1) is 17.3 Å². The van der Waals surface area contributed by atoms with Gasteiger partial charge in [0.25, 0.3) is 0 Å². The molecule has 0 aliphatic carbocycles. The quantitative estimate of drug-likeness (QED) is 0.897. The molecule has 1 atom stereocenters. The summed E-state index contributed by atoms with van der Waals surface area (Å²) < 4.78 is 0.684. The van der Waals surface area contributed by atoms with E-state index in [-0.39, 0.29) is 23.8 Å². The maximum atomic E-state index is 11.9. The Balaban J connectivity index is 2.71. The van der Waals surface area contributed by atoms with E-state index in [0.717, 1.165) is 0 Å². The SMILES string of the molecule is CC(C)(C)C(N)CC(=O)Nc1ccc(C#N)cc1Br. The van der Waals surface area contributed by atoms with Crippen molar-refractivity contribution >= 4 is 27.5 Å². The lowest BCUT2D eigenvalue weighted by atomic mass is 9.85. The molecule has 0 saturated heterocycles. The number of nitrogens with one attached hydrogen (secondary N) is 1. The summed E-state index contributed by atoms with van der Waals surface area (Å²) in [4.78, 5) is 11.9. The van der Waals surface area contributed by atoms with Gasteiger partial charge in [0.15, 0.2) is 0 Å². The number of nitriles is 1. The largest absolute Gasteiger partial charge is 0.327 e. The number of hydrogen-bond acceptors (Lipinski definition) is 3. The lowest BCUT2D eigenvalue weighted by Gasteiger charge is -2.26. The zero-order valence-corrected chi connectivity index (χ0v) is 12.9. The van der Waals surface area contributed by atoms with Crippen LogP contribution in [0.2, 0.25) is 0 Å².